The predicted octanol–water partition coefficient (Wildman–Crippen LogP) is 1.54. The maximum Gasteiger partial charge on any atom is 0.305 e. The molecule has 98 valence electrons. The SMILES string of the molecule is CCC(CC(=O)O)NC(=O)CSc1ccncc1. The van der Waals surface area contributed by atoms with Crippen LogP contribution in [-0.2, 0) is 9.59 Å². The van der Waals surface area contributed by atoms with E-state index >= 15 is 0 Å². The van der Waals surface area contributed by atoms with Gasteiger partial charge in [-0.15, -0.1) is 11.8 Å². The highest BCUT2D eigenvalue weighted by molar-refractivity contribution is 8.00. The van der Waals surface area contributed by atoms with Crippen molar-refractivity contribution in [1.82, 2.24) is 10.3 Å². The summed E-state index contributed by atoms with van der Waals surface area (Å²) in [6, 6.07) is 3.35. The molecule has 0 radical (unpaired) electrons. The number of rotatable bonds is 7. The smallest absolute Gasteiger partial charge is 0.305 e. The summed E-state index contributed by atoms with van der Waals surface area (Å²) in [6.45, 7) is 1.85. The van der Waals surface area contributed by atoms with Crippen LogP contribution >= 0.6 is 11.8 Å². The van der Waals surface area contributed by atoms with Crippen LogP contribution in [0.25, 0.3) is 0 Å². The predicted molar refractivity (Wildman–Crippen MR) is 69.4 cm³/mol. The summed E-state index contributed by atoms with van der Waals surface area (Å²) >= 11 is 1.40. The molecule has 0 aliphatic heterocycles. The van der Waals surface area contributed by atoms with Crippen molar-refractivity contribution >= 4 is 23.6 Å². The number of carbonyl (C=O) groups excluding carboxylic acids is 1. The third-order valence-corrected chi connectivity index (χ3v) is 3.31. The number of pyridine rings is 1. The second-order valence-corrected chi connectivity index (χ2v) is 4.79. The Labute approximate surface area is 110 Å². The highest BCUT2D eigenvalue weighted by Gasteiger charge is 2.13. The molecule has 1 rings (SSSR count). The molecule has 0 fully saturated rings. The highest BCUT2D eigenvalue weighted by atomic mass is 32.2. The van der Waals surface area contributed by atoms with Gasteiger partial charge in [-0.1, -0.05) is 6.92 Å². The standard InChI is InChI=1S/C12H16N2O3S/c1-2-9(7-12(16)17)14-11(15)8-18-10-3-5-13-6-4-10/h3-6,9H,2,7-8H2,1H3,(H,14,15)(H,16,17). The van der Waals surface area contributed by atoms with Crippen LogP contribution in [0.1, 0.15) is 19.8 Å². The number of carboxylic acids is 1. The van der Waals surface area contributed by atoms with Gasteiger partial charge in [-0.25, -0.2) is 0 Å². The van der Waals surface area contributed by atoms with Gasteiger partial charge in [0.25, 0.3) is 0 Å². The molecule has 5 nitrogen and oxygen atoms in total. The summed E-state index contributed by atoms with van der Waals surface area (Å²) in [4.78, 5) is 27.0. The van der Waals surface area contributed by atoms with E-state index in [2.05, 4.69) is 10.3 Å². The number of carboxylic acid groups (broad SMARTS) is 1. The quantitative estimate of drug-likeness (QED) is 0.733. The maximum absolute atomic E-state index is 11.6. The van der Waals surface area contributed by atoms with E-state index in [4.69, 9.17) is 5.11 Å². The van der Waals surface area contributed by atoms with E-state index in [9.17, 15) is 9.59 Å². The Hall–Kier alpha value is -1.56. The van der Waals surface area contributed by atoms with Crippen molar-refractivity contribution < 1.29 is 14.7 Å². The van der Waals surface area contributed by atoms with Gasteiger partial charge in [-0.05, 0) is 18.6 Å². The summed E-state index contributed by atoms with van der Waals surface area (Å²) in [5.74, 6) is -0.769. The number of hydrogen-bond acceptors (Lipinski definition) is 4. The van der Waals surface area contributed by atoms with E-state index in [1.54, 1.807) is 12.4 Å². The number of amides is 1. The fraction of sp³-hybridized carbons (Fsp3) is 0.417. The number of aliphatic carboxylic acids is 1. The molecule has 0 aliphatic carbocycles. The summed E-state index contributed by atoms with van der Waals surface area (Å²) in [5, 5.41) is 11.4. The van der Waals surface area contributed by atoms with Crippen LogP contribution in [0.15, 0.2) is 29.4 Å². The lowest BCUT2D eigenvalue weighted by Crippen LogP contribution is -2.37. The number of nitrogens with zero attached hydrogens (tertiary/aromatic N) is 1. The molecule has 0 saturated carbocycles. The highest BCUT2D eigenvalue weighted by Crippen LogP contribution is 2.15. The summed E-state index contributed by atoms with van der Waals surface area (Å²) in [7, 11) is 0. The lowest BCUT2D eigenvalue weighted by atomic mass is 10.1. The van der Waals surface area contributed by atoms with Gasteiger partial charge in [0, 0.05) is 23.3 Å². The van der Waals surface area contributed by atoms with Gasteiger partial charge in [0.1, 0.15) is 0 Å². The van der Waals surface area contributed by atoms with Crippen LogP contribution in [0.2, 0.25) is 0 Å². The number of aromatic nitrogens is 1. The molecular weight excluding hydrogens is 252 g/mol. The van der Waals surface area contributed by atoms with Crippen molar-refractivity contribution in [3.63, 3.8) is 0 Å². The van der Waals surface area contributed by atoms with E-state index in [-0.39, 0.29) is 24.1 Å². The Morgan fingerprint density at radius 1 is 1.44 bits per heavy atom. The topological polar surface area (TPSA) is 79.3 Å². The monoisotopic (exact) mass is 268 g/mol. The van der Waals surface area contributed by atoms with Crippen LogP contribution in [-0.4, -0.2) is 33.8 Å². The Balaban J connectivity index is 2.34. The van der Waals surface area contributed by atoms with E-state index in [0.717, 1.165) is 4.90 Å². The Kier molecular flexibility index (Phi) is 6.21. The van der Waals surface area contributed by atoms with Crippen LogP contribution in [0.5, 0.6) is 0 Å². The lowest BCUT2D eigenvalue weighted by Gasteiger charge is -2.14. The van der Waals surface area contributed by atoms with Gasteiger partial charge >= 0.3 is 5.97 Å². The zero-order chi connectivity index (χ0) is 13.4. The van der Waals surface area contributed by atoms with Crippen molar-refractivity contribution in [2.75, 3.05) is 5.75 Å². The van der Waals surface area contributed by atoms with E-state index in [1.165, 1.54) is 11.8 Å². The van der Waals surface area contributed by atoms with Gasteiger partial charge < -0.3 is 10.4 Å². The Morgan fingerprint density at radius 3 is 2.67 bits per heavy atom. The number of nitrogens with one attached hydrogen (secondary N) is 1. The van der Waals surface area contributed by atoms with Gasteiger partial charge in [-0.3, -0.25) is 14.6 Å². The van der Waals surface area contributed by atoms with Crippen molar-refractivity contribution in [1.29, 1.82) is 0 Å². The van der Waals surface area contributed by atoms with Crippen LogP contribution in [0, 0.1) is 0 Å². The normalized spacial score (nSPS) is 11.8. The van der Waals surface area contributed by atoms with E-state index < -0.39 is 5.97 Å². The molecule has 1 aromatic rings. The minimum absolute atomic E-state index is 0.0395. The minimum atomic E-state index is -0.899. The van der Waals surface area contributed by atoms with Crippen LogP contribution < -0.4 is 5.32 Å². The lowest BCUT2D eigenvalue weighted by molar-refractivity contribution is -0.137. The Morgan fingerprint density at radius 2 is 2.11 bits per heavy atom. The average molecular weight is 268 g/mol. The molecular formula is C12H16N2O3S. The first kappa shape index (κ1) is 14.5. The molecule has 0 bridgehead atoms. The van der Waals surface area contributed by atoms with Crippen molar-refractivity contribution in [2.24, 2.45) is 0 Å². The van der Waals surface area contributed by atoms with Gasteiger partial charge in [0.05, 0.1) is 12.2 Å². The van der Waals surface area contributed by atoms with Crippen LogP contribution in [0.4, 0.5) is 0 Å². The fourth-order valence-corrected chi connectivity index (χ4v) is 2.06. The second kappa shape index (κ2) is 7.71. The average Bonchev–Trinajstić information content (AvgIpc) is 2.36. The number of carbonyl (C=O) groups is 2. The molecule has 1 heterocycles. The van der Waals surface area contributed by atoms with E-state index in [0.29, 0.717) is 6.42 Å². The molecule has 0 spiro atoms. The number of hydrogen-bond donors (Lipinski definition) is 2. The molecule has 0 saturated heterocycles. The zero-order valence-corrected chi connectivity index (χ0v) is 10.9. The minimum Gasteiger partial charge on any atom is -0.481 e. The molecule has 0 aliphatic rings. The first-order chi connectivity index (χ1) is 8.61. The van der Waals surface area contributed by atoms with Crippen molar-refractivity contribution in [3.8, 4) is 0 Å². The molecule has 0 aromatic carbocycles. The summed E-state index contributed by atoms with van der Waals surface area (Å²) in [5.41, 5.74) is 0. The van der Waals surface area contributed by atoms with Gasteiger partial charge in [-0.2, -0.15) is 0 Å². The first-order valence-electron chi connectivity index (χ1n) is 5.65. The van der Waals surface area contributed by atoms with Gasteiger partial charge in [0.2, 0.25) is 5.91 Å². The first-order valence-corrected chi connectivity index (χ1v) is 6.64. The third kappa shape index (κ3) is 5.67. The molecule has 18 heavy (non-hydrogen) atoms. The molecule has 6 heteroatoms. The maximum atomic E-state index is 11.6. The van der Waals surface area contributed by atoms with E-state index in [1.807, 2.05) is 19.1 Å². The molecule has 2 N–H and O–H groups in total. The molecule has 1 unspecified atom stereocenters. The number of thioether (sulfide) groups is 1. The van der Waals surface area contributed by atoms with Gasteiger partial charge in [0.15, 0.2) is 0 Å². The zero-order valence-electron chi connectivity index (χ0n) is 10.1. The molecule has 1 amide bonds. The second-order valence-electron chi connectivity index (χ2n) is 3.74. The third-order valence-electron chi connectivity index (χ3n) is 2.30. The van der Waals surface area contributed by atoms with Crippen molar-refractivity contribution in [2.45, 2.75) is 30.7 Å². The Bertz CT molecular complexity index is 398. The summed E-state index contributed by atoms with van der Waals surface area (Å²) < 4.78 is 0. The van der Waals surface area contributed by atoms with Crippen LogP contribution in [0.3, 0.4) is 0 Å². The molecule has 1 atom stereocenters. The summed E-state index contributed by atoms with van der Waals surface area (Å²) in [6.07, 6.45) is 3.90. The van der Waals surface area contributed by atoms with Crippen molar-refractivity contribution in [3.05, 3.63) is 24.5 Å². The fourth-order valence-electron chi connectivity index (χ4n) is 1.36. The molecule has 1 aromatic heterocycles. The largest absolute Gasteiger partial charge is 0.481 e.